The Morgan fingerprint density at radius 3 is 2.88 bits per heavy atom. The molecular weight excluding hydrogens is 316 g/mol. The Balaban J connectivity index is 1.51. The van der Waals surface area contributed by atoms with Crippen LogP contribution in [-0.4, -0.2) is 32.0 Å². The molecule has 0 bridgehead atoms. The summed E-state index contributed by atoms with van der Waals surface area (Å²) in [7, 11) is 0. The summed E-state index contributed by atoms with van der Waals surface area (Å²) in [6, 6.07) is 3.95. The van der Waals surface area contributed by atoms with Crippen LogP contribution in [0, 0.1) is 5.92 Å². The van der Waals surface area contributed by atoms with E-state index in [1.54, 1.807) is 6.20 Å². The third-order valence-corrected chi connectivity index (χ3v) is 4.80. The average molecular weight is 334 g/mol. The second kappa shape index (κ2) is 5.63. The van der Waals surface area contributed by atoms with Crippen LogP contribution in [0.5, 0.6) is 0 Å². The van der Waals surface area contributed by atoms with E-state index in [9.17, 15) is 4.79 Å². The number of hydrogen-bond acceptors (Lipinski definition) is 5. The van der Waals surface area contributed by atoms with Gasteiger partial charge in [0, 0.05) is 36.8 Å². The van der Waals surface area contributed by atoms with Crippen molar-refractivity contribution in [3.8, 4) is 11.4 Å². The van der Waals surface area contributed by atoms with Gasteiger partial charge in [-0.1, -0.05) is 0 Å². The SMILES string of the molecule is O=C(Nc1cc2cc(-c3cnc4n3CCNC4)ncc2cn1)C1CC1. The van der Waals surface area contributed by atoms with Gasteiger partial charge in [0.2, 0.25) is 5.91 Å². The second-order valence-corrected chi connectivity index (χ2v) is 6.64. The van der Waals surface area contributed by atoms with Gasteiger partial charge in [-0.05, 0) is 30.4 Å². The van der Waals surface area contributed by atoms with Crippen LogP contribution in [0.4, 0.5) is 5.82 Å². The van der Waals surface area contributed by atoms with Gasteiger partial charge in [-0.2, -0.15) is 0 Å². The molecule has 1 amide bonds. The van der Waals surface area contributed by atoms with Gasteiger partial charge >= 0.3 is 0 Å². The summed E-state index contributed by atoms with van der Waals surface area (Å²) in [6.07, 6.45) is 7.42. The zero-order chi connectivity index (χ0) is 16.8. The summed E-state index contributed by atoms with van der Waals surface area (Å²) >= 11 is 0. The minimum atomic E-state index is 0.0680. The highest BCUT2D eigenvalue weighted by Crippen LogP contribution is 2.30. The topological polar surface area (TPSA) is 84.7 Å². The van der Waals surface area contributed by atoms with Crippen molar-refractivity contribution in [2.75, 3.05) is 11.9 Å². The number of carbonyl (C=O) groups is 1. The van der Waals surface area contributed by atoms with E-state index in [0.717, 1.165) is 60.5 Å². The zero-order valence-electron chi connectivity index (χ0n) is 13.7. The average Bonchev–Trinajstić information content (AvgIpc) is 3.41. The fraction of sp³-hybridized carbons (Fsp3) is 0.333. The molecule has 1 fully saturated rings. The number of nitrogens with one attached hydrogen (secondary N) is 2. The number of fused-ring (bicyclic) bond motifs is 2. The summed E-state index contributed by atoms with van der Waals surface area (Å²) in [4.78, 5) is 25.3. The normalized spacial score (nSPS) is 16.6. The number of aromatic nitrogens is 4. The molecule has 0 atom stereocenters. The van der Waals surface area contributed by atoms with Gasteiger partial charge < -0.3 is 15.2 Å². The maximum atomic E-state index is 11.9. The highest BCUT2D eigenvalue weighted by molar-refractivity contribution is 5.95. The molecule has 5 rings (SSSR count). The van der Waals surface area contributed by atoms with Gasteiger partial charge in [-0.15, -0.1) is 0 Å². The molecule has 4 heterocycles. The van der Waals surface area contributed by atoms with Crippen molar-refractivity contribution < 1.29 is 4.79 Å². The van der Waals surface area contributed by atoms with Gasteiger partial charge in [0.05, 0.1) is 24.1 Å². The zero-order valence-corrected chi connectivity index (χ0v) is 13.7. The first kappa shape index (κ1) is 14.5. The Bertz CT molecular complexity index is 975. The van der Waals surface area contributed by atoms with Crippen LogP contribution in [0.3, 0.4) is 0 Å². The van der Waals surface area contributed by atoms with Crippen molar-refractivity contribution >= 4 is 22.5 Å². The number of pyridine rings is 2. The van der Waals surface area contributed by atoms with Crippen LogP contribution in [0.25, 0.3) is 22.2 Å². The van der Waals surface area contributed by atoms with Crippen molar-refractivity contribution in [1.29, 1.82) is 0 Å². The van der Waals surface area contributed by atoms with Gasteiger partial charge in [-0.25, -0.2) is 9.97 Å². The molecule has 7 heteroatoms. The minimum Gasteiger partial charge on any atom is -0.324 e. The molecule has 2 N–H and O–H groups in total. The summed E-state index contributed by atoms with van der Waals surface area (Å²) < 4.78 is 2.21. The summed E-state index contributed by atoms with van der Waals surface area (Å²) in [5.74, 6) is 1.87. The molecule has 0 saturated heterocycles. The van der Waals surface area contributed by atoms with Gasteiger partial charge in [0.25, 0.3) is 0 Å². The summed E-state index contributed by atoms with van der Waals surface area (Å²) in [5.41, 5.74) is 1.91. The first-order chi connectivity index (χ1) is 12.3. The molecule has 1 aliphatic carbocycles. The van der Waals surface area contributed by atoms with E-state index in [1.165, 1.54) is 0 Å². The summed E-state index contributed by atoms with van der Waals surface area (Å²) in [6.45, 7) is 2.61. The quantitative estimate of drug-likeness (QED) is 0.765. The Labute approximate surface area is 144 Å². The number of rotatable bonds is 3. The molecule has 3 aromatic rings. The lowest BCUT2D eigenvalue weighted by Crippen LogP contribution is -2.28. The van der Waals surface area contributed by atoms with Crippen LogP contribution in [0.1, 0.15) is 18.7 Å². The van der Waals surface area contributed by atoms with E-state index in [1.807, 2.05) is 24.5 Å². The molecule has 126 valence electrons. The Hall–Kier alpha value is -2.80. The van der Waals surface area contributed by atoms with Gasteiger partial charge in [0.1, 0.15) is 11.6 Å². The highest BCUT2D eigenvalue weighted by atomic mass is 16.2. The molecule has 1 saturated carbocycles. The number of anilines is 1. The molecule has 7 nitrogen and oxygen atoms in total. The van der Waals surface area contributed by atoms with Gasteiger partial charge in [0.15, 0.2) is 0 Å². The maximum absolute atomic E-state index is 11.9. The largest absolute Gasteiger partial charge is 0.324 e. The lowest BCUT2D eigenvalue weighted by molar-refractivity contribution is -0.117. The molecule has 0 unspecified atom stereocenters. The molecule has 3 aromatic heterocycles. The smallest absolute Gasteiger partial charge is 0.228 e. The third kappa shape index (κ3) is 2.66. The Morgan fingerprint density at radius 1 is 1.12 bits per heavy atom. The first-order valence-corrected chi connectivity index (χ1v) is 8.60. The summed E-state index contributed by atoms with van der Waals surface area (Å²) in [5, 5.41) is 8.19. The van der Waals surface area contributed by atoms with Crippen LogP contribution < -0.4 is 10.6 Å². The molecular formula is C18H18N6O. The number of carbonyl (C=O) groups excluding carboxylic acids is 1. The number of imidazole rings is 1. The van der Waals surface area contributed by atoms with Crippen molar-refractivity contribution in [3.05, 3.63) is 36.5 Å². The maximum Gasteiger partial charge on any atom is 0.228 e. The van der Waals surface area contributed by atoms with Gasteiger partial charge in [-0.3, -0.25) is 9.78 Å². The van der Waals surface area contributed by atoms with Crippen LogP contribution >= 0.6 is 0 Å². The molecule has 2 aliphatic rings. The van der Waals surface area contributed by atoms with Crippen LogP contribution in [0.15, 0.2) is 30.7 Å². The van der Waals surface area contributed by atoms with Crippen molar-refractivity contribution in [1.82, 2.24) is 24.8 Å². The Kier molecular flexibility index (Phi) is 3.27. The van der Waals surface area contributed by atoms with Crippen LogP contribution in [-0.2, 0) is 17.9 Å². The number of hydrogen-bond donors (Lipinski definition) is 2. The van der Waals surface area contributed by atoms with Crippen molar-refractivity contribution in [3.63, 3.8) is 0 Å². The molecule has 1 aliphatic heterocycles. The predicted molar refractivity (Wildman–Crippen MR) is 93.8 cm³/mol. The fourth-order valence-electron chi connectivity index (χ4n) is 3.22. The monoisotopic (exact) mass is 334 g/mol. The van der Waals surface area contributed by atoms with E-state index in [4.69, 9.17) is 0 Å². The number of amides is 1. The van der Waals surface area contributed by atoms with E-state index >= 15 is 0 Å². The lowest BCUT2D eigenvalue weighted by atomic mass is 10.1. The van der Waals surface area contributed by atoms with Crippen molar-refractivity contribution in [2.24, 2.45) is 5.92 Å². The third-order valence-electron chi connectivity index (χ3n) is 4.80. The molecule has 0 aromatic carbocycles. The van der Waals surface area contributed by atoms with E-state index in [-0.39, 0.29) is 11.8 Å². The first-order valence-electron chi connectivity index (χ1n) is 8.60. The molecule has 0 radical (unpaired) electrons. The number of nitrogens with zero attached hydrogens (tertiary/aromatic N) is 4. The van der Waals surface area contributed by atoms with E-state index in [0.29, 0.717) is 5.82 Å². The molecule has 25 heavy (non-hydrogen) atoms. The molecule has 0 spiro atoms. The second-order valence-electron chi connectivity index (χ2n) is 6.64. The lowest BCUT2D eigenvalue weighted by Gasteiger charge is -2.17. The highest BCUT2D eigenvalue weighted by Gasteiger charge is 2.29. The predicted octanol–water partition coefficient (Wildman–Crippen LogP) is 1.94. The fourth-order valence-corrected chi connectivity index (χ4v) is 3.22. The van der Waals surface area contributed by atoms with Crippen molar-refractivity contribution in [2.45, 2.75) is 25.9 Å². The Morgan fingerprint density at radius 2 is 2.00 bits per heavy atom. The van der Waals surface area contributed by atoms with Crippen LogP contribution in [0.2, 0.25) is 0 Å². The van der Waals surface area contributed by atoms with E-state index < -0.39 is 0 Å². The van der Waals surface area contributed by atoms with E-state index in [2.05, 4.69) is 30.2 Å². The minimum absolute atomic E-state index is 0.0680. The standard InChI is InChI=1S/C18H18N6O/c25-18(11-1-2-11)23-16-6-12-5-14(20-7-13(12)8-21-16)15-9-22-17-10-19-3-4-24(15)17/h5-9,11,19H,1-4,10H2,(H,21,23,25).